The third-order valence-corrected chi connectivity index (χ3v) is 4.61. The number of benzene rings is 1. The molecule has 138 valence electrons. The summed E-state index contributed by atoms with van der Waals surface area (Å²) in [6.45, 7) is 0.316. The van der Waals surface area contributed by atoms with E-state index in [1.165, 1.54) is 0 Å². The number of amides is 1. The molecular weight excluding hydrogens is 332 g/mol. The molecule has 1 heterocycles. The topological polar surface area (TPSA) is 80.7 Å². The molecule has 3 rings (SSSR count). The average molecular weight is 356 g/mol. The third-order valence-electron chi connectivity index (χ3n) is 4.61. The highest BCUT2D eigenvalue weighted by Crippen LogP contribution is 2.38. The predicted molar refractivity (Wildman–Crippen MR) is 97.0 cm³/mol. The summed E-state index contributed by atoms with van der Waals surface area (Å²) in [5.74, 6) is 1.41. The van der Waals surface area contributed by atoms with Crippen LogP contribution in [0.25, 0.3) is 0 Å². The molecule has 0 aliphatic heterocycles. The van der Waals surface area contributed by atoms with Crippen molar-refractivity contribution in [2.24, 2.45) is 5.92 Å². The number of pyridine rings is 1. The number of aromatic nitrogens is 1. The maximum atomic E-state index is 12.4. The minimum atomic E-state index is -0.285. The van der Waals surface area contributed by atoms with Crippen LogP contribution in [0.5, 0.6) is 11.6 Å². The zero-order valence-electron chi connectivity index (χ0n) is 14.8. The van der Waals surface area contributed by atoms with Gasteiger partial charge in [0.2, 0.25) is 11.8 Å². The number of nitrogens with one attached hydrogen (secondary N) is 1. The summed E-state index contributed by atoms with van der Waals surface area (Å²) in [7, 11) is 1.57. The van der Waals surface area contributed by atoms with Crippen LogP contribution in [0.4, 0.5) is 0 Å². The Labute approximate surface area is 153 Å². The number of hydrogen-bond acceptors (Lipinski definition) is 5. The maximum absolute atomic E-state index is 12.4. The van der Waals surface area contributed by atoms with Gasteiger partial charge in [0.1, 0.15) is 5.75 Å². The largest absolute Gasteiger partial charge is 0.493 e. The van der Waals surface area contributed by atoms with E-state index < -0.39 is 0 Å². The van der Waals surface area contributed by atoms with E-state index in [2.05, 4.69) is 10.3 Å². The van der Waals surface area contributed by atoms with Gasteiger partial charge in [0, 0.05) is 12.3 Å². The van der Waals surface area contributed by atoms with Gasteiger partial charge in [-0.1, -0.05) is 24.3 Å². The summed E-state index contributed by atoms with van der Waals surface area (Å²) >= 11 is 0. The summed E-state index contributed by atoms with van der Waals surface area (Å²) in [6, 6.07) is 12.9. The zero-order chi connectivity index (χ0) is 18.4. The van der Waals surface area contributed by atoms with Gasteiger partial charge >= 0.3 is 0 Å². The quantitative estimate of drug-likeness (QED) is 0.759. The number of hydrogen-bond donors (Lipinski definition) is 2. The Balaban J connectivity index is 1.57. The lowest BCUT2D eigenvalue weighted by molar-refractivity contribution is -0.123. The molecule has 0 saturated heterocycles. The maximum Gasteiger partial charge on any atom is 0.223 e. The van der Waals surface area contributed by atoms with Gasteiger partial charge in [-0.3, -0.25) is 4.79 Å². The van der Waals surface area contributed by atoms with Gasteiger partial charge in [-0.15, -0.1) is 0 Å². The SMILES string of the molecule is COc1ccc([C@@H](NC(=O)CCOc2ccccc2)C2CC(O)C2)cn1. The average Bonchev–Trinajstić information content (AvgIpc) is 2.65. The Morgan fingerprint density at radius 3 is 2.65 bits per heavy atom. The van der Waals surface area contributed by atoms with Crippen LogP contribution in [0.15, 0.2) is 48.7 Å². The normalized spacial score (nSPS) is 19.9. The first-order valence-electron chi connectivity index (χ1n) is 8.81. The molecule has 0 bridgehead atoms. The molecule has 1 aliphatic carbocycles. The molecule has 1 amide bonds. The number of methoxy groups -OCH3 is 1. The molecule has 2 aromatic rings. The minimum absolute atomic E-state index is 0.0804. The molecule has 6 nitrogen and oxygen atoms in total. The van der Waals surface area contributed by atoms with Crippen LogP contribution in [0.2, 0.25) is 0 Å². The molecule has 1 aromatic heterocycles. The fourth-order valence-corrected chi connectivity index (χ4v) is 3.10. The van der Waals surface area contributed by atoms with Gasteiger partial charge < -0.3 is 19.9 Å². The Kier molecular flexibility index (Phi) is 6.07. The van der Waals surface area contributed by atoms with Crippen molar-refractivity contribution in [3.63, 3.8) is 0 Å². The Morgan fingerprint density at radius 2 is 2.04 bits per heavy atom. The molecular formula is C20H24N2O4. The lowest BCUT2D eigenvalue weighted by Crippen LogP contribution is -2.41. The zero-order valence-corrected chi connectivity index (χ0v) is 14.8. The lowest BCUT2D eigenvalue weighted by Gasteiger charge is -2.38. The van der Waals surface area contributed by atoms with E-state index in [9.17, 15) is 9.90 Å². The van der Waals surface area contributed by atoms with E-state index in [-0.39, 0.29) is 30.4 Å². The molecule has 2 N–H and O–H groups in total. The molecule has 1 atom stereocenters. The Morgan fingerprint density at radius 1 is 1.27 bits per heavy atom. The first kappa shape index (κ1) is 18.2. The first-order valence-corrected chi connectivity index (χ1v) is 8.81. The van der Waals surface area contributed by atoms with Crippen molar-refractivity contribution in [2.75, 3.05) is 13.7 Å². The third kappa shape index (κ3) is 4.73. The number of para-hydroxylation sites is 1. The van der Waals surface area contributed by atoms with Crippen LogP contribution in [-0.2, 0) is 4.79 Å². The van der Waals surface area contributed by atoms with Gasteiger partial charge in [-0.05, 0) is 36.5 Å². The number of carbonyl (C=O) groups excluding carboxylic acids is 1. The molecule has 26 heavy (non-hydrogen) atoms. The van der Waals surface area contributed by atoms with E-state index in [0.29, 0.717) is 25.3 Å². The number of aliphatic hydroxyl groups excluding tert-OH is 1. The van der Waals surface area contributed by atoms with Gasteiger partial charge in [0.25, 0.3) is 0 Å². The predicted octanol–water partition coefficient (Wildman–Crippen LogP) is 2.49. The summed E-state index contributed by atoms with van der Waals surface area (Å²) in [6.07, 6.45) is 3.06. The number of ether oxygens (including phenoxy) is 2. The van der Waals surface area contributed by atoms with E-state index in [0.717, 1.165) is 11.3 Å². The number of rotatable bonds is 8. The van der Waals surface area contributed by atoms with Crippen molar-refractivity contribution in [3.8, 4) is 11.6 Å². The van der Waals surface area contributed by atoms with Gasteiger partial charge in [0.05, 0.1) is 32.3 Å². The smallest absolute Gasteiger partial charge is 0.223 e. The highest BCUT2D eigenvalue weighted by Gasteiger charge is 2.35. The molecule has 0 unspecified atom stereocenters. The van der Waals surface area contributed by atoms with Gasteiger partial charge in [0.15, 0.2) is 0 Å². The van der Waals surface area contributed by atoms with E-state index in [1.54, 1.807) is 19.4 Å². The van der Waals surface area contributed by atoms with Crippen LogP contribution >= 0.6 is 0 Å². The Bertz CT molecular complexity index is 700. The van der Waals surface area contributed by atoms with E-state index in [1.807, 2.05) is 36.4 Å². The number of nitrogens with zero attached hydrogens (tertiary/aromatic N) is 1. The number of carbonyl (C=O) groups is 1. The second-order valence-electron chi connectivity index (χ2n) is 6.48. The second kappa shape index (κ2) is 8.67. The first-order chi connectivity index (χ1) is 12.7. The second-order valence-corrected chi connectivity index (χ2v) is 6.48. The molecule has 0 spiro atoms. The van der Waals surface area contributed by atoms with Crippen LogP contribution in [0.1, 0.15) is 30.9 Å². The Hall–Kier alpha value is -2.60. The summed E-state index contributed by atoms with van der Waals surface area (Å²) in [4.78, 5) is 16.6. The van der Waals surface area contributed by atoms with Crippen molar-refractivity contribution in [3.05, 3.63) is 54.2 Å². The highest BCUT2D eigenvalue weighted by molar-refractivity contribution is 5.76. The standard InChI is InChI=1S/C20H24N2O4/c1-25-19-8-7-14(13-21-19)20(15-11-16(23)12-15)22-18(24)9-10-26-17-5-3-2-4-6-17/h2-8,13,15-16,20,23H,9-12H2,1H3,(H,22,24)/t15?,16?,20-/m1/s1. The van der Waals surface area contributed by atoms with Crippen LogP contribution in [0.3, 0.4) is 0 Å². The van der Waals surface area contributed by atoms with Crippen molar-refractivity contribution in [1.29, 1.82) is 0 Å². The van der Waals surface area contributed by atoms with E-state index >= 15 is 0 Å². The monoisotopic (exact) mass is 356 g/mol. The van der Waals surface area contributed by atoms with Crippen LogP contribution in [0, 0.1) is 5.92 Å². The molecule has 1 aromatic carbocycles. The minimum Gasteiger partial charge on any atom is -0.493 e. The molecule has 6 heteroatoms. The molecule has 1 saturated carbocycles. The van der Waals surface area contributed by atoms with Crippen molar-refractivity contribution in [2.45, 2.75) is 31.4 Å². The fourth-order valence-electron chi connectivity index (χ4n) is 3.10. The van der Waals surface area contributed by atoms with Crippen molar-refractivity contribution < 1.29 is 19.4 Å². The lowest BCUT2D eigenvalue weighted by atomic mass is 9.75. The number of aliphatic hydroxyl groups is 1. The summed E-state index contributed by atoms with van der Waals surface area (Å²) < 4.78 is 10.7. The van der Waals surface area contributed by atoms with E-state index in [4.69, 9.17) is 9.47 Å². The molecule has 0 radical (unpaired) electrons. The van der Waals surface area contributed by atoms with Gasteiger partial charge in [-0.2, -0.15) is 0 Å². The molecule has 1 fully saturated rings. The van der Waals surface area contributed by atoms with Gasteiger partial charge in [-0.25, -0.2) is 4.98 Å². The molecule has 1 aliphatic rings. The highest BCUT2D eigenvalue weighted by atomic mass is 16.5. The van der Waals surface area contributed by atoms with Crippen LogP contribution < -0.4 is 14.8 Å². The van der Waals surface area contributed by atoms with Crippen molar-refractivity contribution in [1.82, 2.24) is 10.3 Å². The fraction of sp³-hybridized carbons (Fsp3) is 0.400. The summed E-state index contributed by atoms with van der Waals surface area (Å²) in [5.41, 5.74) is 0.917. The summed E-state index contributed by atoms with van der Waals surface area (Å²) in [5, 5.41) is 12.7. The van der Waals surface area contributed by atoms with Crippen LogP contribution in [-0.4, -0.2) is 35.8 Å². The van der Waals surface area contributed by atoms with Crippen molar-refractivity contribution >= 4 is 5.91 Å².